The second-order valence-corrected chi connectivity index (χ2v) is 5.62. The molecule has 0 heterocycles. The Morgan fingerprint density at radius 3 is 2.71 bits per heavy atom. The van der Waals surface area contributed by atoms with Gasteiger partial charge in [-0.25, -0.2) is 0 Å². The molecule has 0 radical (unpaired) electrons. The Morgan fingerprint density at radius 1 is 1.53 bits per heavy atom. The van der Waals surface area contributed by atoms with Crippen LogP contribution in [0.3, 0.4) is 0 Å². The number of hydrogen-bond acceptors (Lipinski definition) is 2. The Labute approximate surface area is 115 Å². The van der Waals surface area contributed by atoms with Crippen LogP contribution in [0, 0.1) is 23.2 Å². The summed E-state index contributed by atoms with van der Waals surface area (Å²) in [6.45, 7) is 3.97. The van der Waals surface area contributed by atoms with Crippen molar-refractivity contribution in [3.63, 3.8) is 0 Å². The van der Waals surface area contributed by atoms with Crippen LogP contribution in [-0.2, 0) is 0 Å². The van der Waals surface area contributed by atoms with E-state index < -0.39 is 5.92 Å². The monoisotopic (exact) mass is 313 g/mol. The van der Waals surface area contributed by atoms with Crippen molar-refractivity contribution in [1.29, 1.82) is 5.26 Å². The summed E-state index contributed by atoms with van der Waals surface area (Å²) in [6.07, 6.45) is 0.554. The summed E-state index contributed by atoms with van der Waals surface area (Å²) in [7, 11) is 0. The first-order valence-electron chi connectivity index (χ1n) is 5.34. The summed E-state index contributed by atoms with van der Waals surface area (Å²) < 4.78 is 0.784. The summed E-state index contributed by atoms with van der Waals surface area (Å²) in [4.78, 5) is 12.2. The van der Waals surface area contributed by atoms with Gasteiger partial charge in [0.2, 0.25) is 0 Å². The minimum absolute atomic E-state index is 0.201. The van der Waals surface area contributed by atoms with Gasteiger partial charge in [0.15, 0.2) is 5.78 Å². The molecule has 4 heteroatoms. The van der Waals surface area contributed by atoms with E-state index >= 15 is 0 Å². The summed E-state index contributed by atoms with van der Waals surface area (Å²) in [5, 5.41) is 9.43. The van der Waals surface area contributed by atoms with Crippen LogP contribution in [0.5, 0.6) is 0 Å². The van der Waals surface area contributed by atoms with Gasteiger partial charge in [0, 0.05) is 10.0 Å². The summed E-state index contributed by atoms with van der Waals surface area (Å²) in [5.41, 5.74) is 0.410. The molecule has 2 nitrogen and oxygen atoms in total. The van der Waals surface area contributed by atoms with Gasteiger partial charge >= 0.3 is 0 Å². The number of nitrogens with zero attached hydrogens (tertiary/aromatic N) is 1. The quantitative estimate of drug-likeness (QED) is 0.769. The highest BCUT2D eigenvalue weighted by Crippen LogP contribution is 2.25. The molecular formula is C13H13BrClNO. The largest absolute Gasteiger partial charge is 0.293 e. The van der Waals surface area contributed by atoms with Crippen molar-refractivity contribution < 1.29 is 4.79 Å². The van der Waals surface area contributed by atoms with Gasteiger partial charge in [-0.1, -0.05) is 41.4 Å². The lowest BCUT2D eigenvalue weighted by Gasteiger charge is -2.11. The Hall–Kier alpha value is -0.850. The molecule has 0 saturated carbocycles. The molecule has 0 saturated heterocycles. The molecule has 1 unspecified atom stereocenters. The number of carbonyl (C=O) groups is 1. The highest BCUT2D eigenvalue weighted by Gasteiger charge is 2.22. The van der Waals surface area contributed by atoms with E-state index in [-0.39, 0.29) is 5.78 Å². The maximum absolute atomic E-state index is 12.2. The van der Waals surface area contributed by atoms with E-state index in [1.807, 2.05) is 13.8 Å². The van der Waals surface area contributed by atoms with Gasteiger partial charge in [0.05, 0.1) is 11.1 Å². The minimum Gasteiger partial charge on any atom is -0.293 e. The van der Waals surface area contributed by atoms with Gasteiger partial charge in [-0.15, -0.1) is 0 Å². The van der Waals surface area contributed by atoms with Crippen LogP contribution in [0.15, 0.2) is 22.7 Å². The molecule has 0 spiro atoms. The second-order valence-electron chi connectivity index (χ2n) is 4.30. The van der Waals surface area contributed by atoms with Crippen molar-refractivity contribution in [2.75, 3.05) is 0 Å². The van der Waals surface area contributed by atoms with Crippen LogP contribution in [0.1, 0.15) is 30.6 Å². The number of carbonyl (C=O) groups excluding carboxylic acids is 1. The molecule has 90 valence electrons. The molecule has 1 rings (SSSR count). The van der Waals surface area contributed by atoms with Crippen molar-refractivity contribution in [1.82, 2.24) is 0 Å². The lowest BCUT2D eigenvalue weighted by atomic mass is 9.91. The second kappa shape index (κ2) is 6.18. The fourth-order valence-corrected chi connectivity index (χ4v) is 2.14. The first-order chi connectivity index (χ1) is 7.95. The fourth-order valence-electron chi connectivity index (χ4n) is 1.56. The SMILES string of the molecule is CC(C)CC(C#N)C(=O)c1cc(Br)ccc1Cl. The van der Waals surface area contributed by atoms with E-state index in [9.17, 15) is 4.79 Å². The van der Waals surface area contributed by atoms with Gasteiger partial charge in [0.25, 0.3) is 0 Å². The molecule has 0 N–H and O–H groups in total. The lowest BCUT2D eigenvalue weighted by Crippen LogP contribution is -2.15. The predicted octanol–water partition coefficient (Wildman–Crippen LogP) is 4.47. The standard InChI is InChI=1S/C13H13BrClNO/c1-8(2)5-9(7-16)13(17)11-6-10(14)3-4-12(11)15/h3-4,6,8-9H,5H2,1-2H3. The van der Waals surface area contributed by atoms with Crippen molar-refractivity contribution in [2.45, 2.75) is 20.3 Å². The van der Waals surface area contributed by atoms with Crippen molar-refractivity contribution in [2.24, 2.45) is 11.8 Å². The molecule has 0 bridgehead atoms. The molecule has 17 heavy (non-hydrogen) atoms. The molecule has 1 aromatic carbocycles. The Balaban J connectivity index is 3.02. The van der Waals surface area contributed by atoms with E-state index in [1.165, 1.54) is 0 Å². The average Bonchev–Trinajstić information content (AvgIpc) is 2.28. The van der Waals surface area contributed by atoms with E-state index in [0.717, 1.165) is 4.47 Å². The number of hydrogen-bond donors (Lipinski definition) is 0. The predicted molar refractivity (Wildman–Crippen MR) is 72.0 cm³/mol. The van der Waals surface area contributed by atoms with Crippen molar-refractivity contribution >= 4 is 33.3 Å². The van der Waals surface area contributed by atoms with Gasteiger partial charge in [-0.2, -0.15) is 5.26 Å². The zero-order valence-electron chi connectivity index (χ0n) is 9.71. The van der Waals surface area contributed by atoms with Crippen LogP contribution >= 0.6 is 27.5 Å². The average molecular weight is 315 g/mol. The van der Waals surface area contributed by atoms with Crippen molar-refractivity contribution in [3.05, 3.63) is 33.3 Å². The Kier molecular flexibility index (Phi) is 5.17. The van der Waals surface area contributed by atoms with Crippen LogP contribution in [-0.4, -0.2) is 5.78 Å². The zero-order chi connectivity index (χ0) is 13.0. The molecule has 1 aromatic rings. The number of rotatable bonds is 4. The summed E-state index contributed by atoms with van der Waals surface area (Å²) in [6, 6.07) is 7.14. The first kappa shape index (κ1) is 14.2. The van der Waals surface area contributed by atoms with E-state index in [2.05, 4.69) is 22.0 Å². The normalized spacial score (nSPS) is 12.2. The topological polar surface area (TPSA) is 40.9 Å². The number of Topliss-reactive ketones (excluding diaryl/α,β-unsaturated/α-hetero) is 1. The van der Waals surface area contributed by atoms with Gasteiger partial charge < -0.3 is 0 Å². The highest BCUT2D eigenvalue weighted by atomic mass is 79.9. The maximum atomic E-state index is 12.2. The van der Waals surface area contributed by atoms with Gasteiger partial charge in [-0.3, -0.25) is 4.79 Å². The number of halogens is 2. The number of nitriles is 1. The van der Waals surface area contributed by atoms with E-state index in [0.29, 0.717) is 22.9 Å². The number of ketones is 1. The fraction of sp³-hybridized carbons (Fsp3) is 0.385. The molecule has 0 aliphatic heterocycles. The lowest BCUT2D eigenvalue weighted by molar-refractivity contribution is 0.0937. The molecule has 0 amide bonds. The summed E-state index contributed by atoms with van der Waals surface area (Å²) >= 11 is 9.27. The third kappa shape index (κ3) is 3.83. The smallest absolute Gasteiger partial charge is 0.181 e. The molecule has 0 aliphatic rings. The van der Waals surface area contributed by atoms with E-state index in [1.54, 1.807) is 18.2 Å². The van der Waals surface area contributed by atoms with Crippen LogP contribution in [0.2, 0.25) is 5.02 Å². The van der Waals surface area contributed by atoms with Gasteiger partial charge in [-0.05, 0) is 30.5 Å². The number of benzene rings is 1. The minimum atomic E-state index is -0.623. The molecule has 0 aliphatic carbocycles. The molecule has 0 aromatic heterocycles. The molecule has 1 atom stereocenters. The third-order valence-electron chi connectivity index (χ3n) is 2.37. The van der Waals surface area contributed by atoms with Crippen molar-refractivity contribution in [3.8, 4) is 6.07 Å². The van der Waals surface area contributed by atoms with Crippen LogP contribution < -0.4 is 0 Å². The molecule has 0 fully saturated rings. The summed E-state index contributed by atoms with van der Waals surface area (Å²) in [5.74, 6) is -0.524. The van der Waals surface area contributed by atoms with Crippen LogP contribution in [0.25, 0.3) is 0 Å². The van der Waals surface area contributed by atoms with E-state index in [4.69, 9.17) is 16.9 Å². The Morgan fingerprint density at radius 2 is 2.18 bits per heavy atom. The Bertz CT molecular complexity index is 465. The first-order valence-corrected chi connectivity index (χ1v) is 6.51. The highest BCUT2D eigenvalue weighted by molar-refractivity contribution is 9.10. The zero-order valence-corrected chi connectivity index (χ0v) is 12.0. The van der Waals surface area contributed by atoms with Crippen LogP contribution in [0.4, 0.5) is 0 Å². The molecular weight excluding hydrogens is 302 g/mol. The van der Waals surface area contributed by atoms with Gasteiger partial charge in [0.1, 0.15) is 5.92 Å². The third-order valence-corrected chi connectivity index (χ3v) is 3.20. The maximum Gasteiger partial charge on any atom is 0.181 e.